The van der Waals surface area contributed by atoms with Gasteiger partial charge < -0.3 is 19.2 Å². The molecule has 1 aliphatic heterocycles. The fourth-order valence-corrected chi connectivity index (χ4v) is 4.43. The quantitative estimate of drug-likeness (QED) is 0.494. The molecule has 1 aliphatic rings. The molecule has 0 radical (unpaired) electrons. The second-order valence-corrected chi connectivity index (χ2v) is 7.86. The normalized spacial score (nSPS) is 15.7. The molecule has 2 aromatic heterocycles. The van der Waals surface area contributed by atoms with Gasteiger partial charge in [-0.15, -0.1) is 10.2 Å². The van der Waals surface area contributed by atoms with Gasteiger partial charge in [-0.1, -0.05) is 23.9 Å². The van der Waals surface area contributed by atoms with E-state index in [-0.39, 0.29) is 0 Å². The van der Waals surface area contributed by atoms with Crippen LogP contribution in [0.1, 0.15) is 25.6 Å². The van der Waals surface area contributed by atoms with E-state index in [2.05, 4.69) is 36.9 Å². The molecule has 1 saturated heterocycles. The zero-order valence-corrected chi connectivity index (χ0v) is 16.7. The summed E-state index contributed by atoms with van der Waals surface area (Å²) in [5.41, 5.74) is 1.79. The first-order valence-electron chi connectivity index (χ1n) is 9.61. The maximum atomic E-state index is 5.89. The lowest BCUT2D eigenvalue weighted by atomic mass is 10.1. The summed E-state index contributed by atoms with van der Waals surface area (Å²) in [7, 11) is 0. The number of thioether (sulfide) groups is 1. The van der Waals surface area contributed by atoms with Crippen molar-refractivity contribution in [2.45, 2.75) is 44.4 Å². The highest BCUT2D eigenvalue weighted by molar-refractivity contribution is 7.99. The van der Waals surface area contributed by atoms with Crippen LogP contribution >= 0.6 is 11.8 Å². The lowest BCUT2D eigenvalue weighted by Crippen LogP contribution is -2.43. The van der Waals surface area contributed by atoms with Gasteiger partial charge >= 0.3 is 0 Å². The number of rotatable bonds is 7. The smallest absolute Gasteiger partial charge is 0.298 e. The molecular weight excluding hydrogens is 360 g/mol. The summed E-state index contributed by atoms with van der Waals surface area (Å²) in [6, 6.07) is 9.24. The summed E-state index contributed by atoms with van der Waals surface area (Å²) in [6.45, 7) is 7.98. The average molecular weight is 387 g/mol. The average Bonchev–Trinajstić information content (AvgIpc) is 3.29. The molecule has 1 N–H and O–H groups in total. The highest BCUT2D eigenvalue weighted by Crippen LogP contribution is 2.24. The van der Waals surface area contributed by atoms with Crippen LogP contribution in [0.3, 0.4) is 0 Å². The molecule has 0 amide bonds. The van der Waals surface area contributed by atoms with E-state index < -0.39 is 0 Å². The van der Waals surface area contributed by atoms with Crippen molar-refractivity contribution in [2.24, 2.45) is 0 Å². The van der Waals surface area contributed by atoms with Crippen molar-refractivity contribution in [1.29, 1.82) is 0 Å². The first-order valence-corrected chi connectivity index (χ1v) is 10.6. The van der Waals surface area contributed by atoms with Crippen LogP contribution in [0.2, 0.25) is 0 Å². The summed E-state index contributed by atoms with van der Waals surface area (Å²) in [5.74, 6) is 1.99. The fourth-order valence-electron chi connectivity index (χ4n) is 3.51. The monoisotopic (exact) mass is 386 g/mol. The Balaban J connectivity index is 1.21. The van der Waals surface area contributed by atoms with Crippen molar-refractivity contribution in [3.8, 4) is 0 Å². The number of nitrogens with zero attached hydrogens (tertiary/aromatic N) is 5. The van der Waals surface area contributed by atoms with Crippen LogP contribution in [0, 0.1) is 6.92 Å². The molecule has 0 spiro atoms. The summed E-state index contributed by atoms with van der Waals surface area (Å²) in [6.07, 6.45) is 2.21. The molecule has 0 atom stereocenters. The number of piperidine rings is 1. The van der Waals surface area contributed by atoms with E-state index in [1.165, 1.54) is 0 Å². The number of aryl methyl sites for hydroxylation is 1. The zero-order chi connectivity index (χ0) is 18.6. The number of hydrogen-bond acceptors (Lipinski definition) is 7. The topological polar surface area (TPSA) is 72.0 Å². The van der Waals surface area contributed by atoms with E-state index in [1.54, 1.807) is 11.8 Å². The second-order valence-electron chi connectivity index (χ2n) is 6.80. The Hall–Kier alpha value is -2.06. The van der Waals surface area contributed by atoms with Gasteiger partial charge in [0.05, 0.1) is 0 Å². The maximum absolute atomic E-state index is 5.89. The van der Waals surface area contributed by atoms with Gasteiger partial charge in [0.25, 0.3) is 6.01 Å². The summed E-state index contributed by atoms with van der Waals surface area (Å²) < 4.78 is 8.05. The minimum atomic E-state index is 0.553. The number of hydrogen-bond donors (Lipinski definition) is 1. The van der Waals surface area contributed by atoms with Gasteiger partial charge in [0.2, 0.25) is 0 Å². The molecule has 0 saturated carbocycles. The van der Waals surface area contributed by atoms with E-state index in [9.17, 15) is 0 Å². The Bertz CT molecular complexity index is 850. The highest BCUT2D eigenvalue weighted by Gasteiger charge is 2.22. The van der Waals surface area contributed by atoms with Gasteiger partial charge in [-0.25, -0.2) is 0 Å². The molecule has 7 nitrogen and oxygen atoms in total. The number of oxazole rings is 1. The van der Waals surface area contributed by atoms with Crippen molar-refractivity contribution in [3.63, 3.8) is 0 Å². The molecule has 144 valence electrons. The van der Waals surface area contributed by atoms with Gasteiger partial charge in [0.1, 0.15) is 11.3 Å². The molecule has 3 heterocycles. The molecule has 0 aliphatic carbocycles. The van der Waals surface area contributed by atoms with E-state index in [4.69, 9.17) is 4.42 Å². The molecule has 1 fully saturated rings. The van der Waals surface area contributed by atoms with Crippen LogP contribution < -0.4 is 10.2 Å². The molecule has 8 heteroatoms. The lowest BCUT2D eigenvalue weighted by molar-refractivity contribution is 0.409. The van der Waals surface area contributed by atoms with Crippen LogP contribution in [0.5, 0.6) is 0 Å². The summed E-state index contributed by atoms with van der Waals surface area (Å²) in [4.78, 5) is 6.86. The molecule has 4 rings (SSSR count). The van der Waals surface area contributed by atoms with Crippen LogP contribution in [-0.2, 0) is 6.54 Å². The largest absolute Gasteiger partial charge is 0.423 e. The summed E-state index contributed by atoms with van der Waals surface area (Å²) in [5, 5.41) is 13.1. The first kappa shape index (κ1) is 18.3. The van der Waals surface area contributed by atoms with Gasteiger partial charge in [0, 0.05) is 38.0 Å². The molecule has 1 aromatic carbocycles. The fraction of sp³-hybridized carbons (Fsp3) is 0.526. The van der Waals surface area contributed by atoms with Crippen LogP contribution in [0.25, 0.3) is 11.1 Å². The number of para-hydroxylation sites is 2. The Kier molecular flexibility index (Phi) is 5.63. The third-order valence-electron chi connectivity index (χ3n) is 5.03. The molecular formula is C19H26N6OS. The van der Waals surface area contributed by atoms with Crippen molar-refractivity contribution in [2.75, 3.05) is 30.3 Å². The van der Waals surface area contributed by atoms with E-state index >= 15 is 0 Å². The Morgan fingerprint density at radius 1 is 1.22 bits per heavy atom. The number of aromatic nitrogens is 4. The lowest BCUT2D eigenvalue weighted by Gasteiger charge is -2.31. The predicted octanol–water partition coefficient (Wildman–Crippen LogP) is 3.10. The van der Waals surface area contributed by atoms with Crippen LogP contribution in [0.4, 0.5) is 6.01 Å². The van der Waals surface area contributed by atoms with Crippen molar-refractivity contribution in [3.05, 3.63) is 30.1 Å². The third-order valence-corrected chi connectivity index (χ3v) is 6.00. The predicted molar refractivity (Wildman–Crippen MR) is 108 cm³/mol. The van der Waals surface area contributed by atoms with Crippen molar-refractivity contribution >= 4 is 28.9 Å². The molecule has 0 unspecified atom stereocenters. The standard InChI is InChI=1S/C19H26N6OS/c1-3-25-14(2)22-23-19(25)27-13-10-20-15-8-11-24(12-9-15)18-21-16-6-4-5-7-17(16)26-18/h4-7,15,20H,3,8-13H2,1-2H3. The third kappa shape index (κ3) is 4.11. The second kappa shape index (κ2) is 8.31. The van der Waals surface area contributed by atoms with E-state index in [1.807, 2.05) is 31.2 Å². The van der Waals surface area contributed by atoms with Crippen molar-refractivity contribution < 1.29 is 4.42 Å². The minimum absolute atomic E-state index is 0.553. The zero-order valence-electron chi connectivity index (χ0n) is 15.9. The van der Waals surface area contributed by atoms with E-state index in [0.29, 0.717) is 6.04 Å². The number of nitrogens with one attached hydrogen (secondary N) is 1. The number of benzene rings is 1. The van der Waals surface area contributed by atoms with Gasteiger partial charge in [0.15, 0.2) is 10.7 Å². The van der Waals surface area contributed by atoms with Crippen molar-refractivity contribution in [1.82, 2.24) is 25.1 Å². The highest BCUT2D eigenvalue weighted by atomic mass is 32.2. The summed E-state index contributed by atoms with van der Waals surface area (Å²) >= 11 is 1.77. The minimum Gasteiger partial charge on any atom is -0.423 e. The Morgan fingerprint density at radius 2 is 2.04 bits per heavy atom. The van der Waals surface area contributed by atoms with Gasteiger partial charge in [-0.05, 0) is 38.8 Å². The Morgan fingerprint density at radius 3 is 2.81 bits per heavy atom. The van der Waals surface area contributed by atoms with Crippen LogP contribution in [-0.4, -0.2) is 51.2 Å². The number of anilines is 1. The van der Waals surface area contributed by atoms with Gasteiger partial charge in [-0.2, -0.15) is 4.98 Å². The number of fused-ring (bicyclic) bond motifs is 1. The van der Waals surface area contributed by atoms with Gasteiger partial charge in [-0.3, -0.25) is 0 Å². The molecule has 0 bridgehead atoms. The van der Waals surface area contributed by atoms with Crippen LogP contribution in [0.15, 0.2) is 33.8 Å². The SMILES string of the molecule is CCn1c(C)nnc1SCCNC1CCN(c2nc3ccccc3o2)CC1. The molecule has 27 heavy (non-hydrogen) atoms. The first-order chi connectivity index (χ1) is 13.2. The van der Waals surface area contributed by atoms with E-state index in [0.717, 1.165) is 72.9 Å². The maximum Gasteiger partial charge on any atom is 0.298 e. The Labute approximate surface area is 163 Å². The molecule has 3 aromatic rings.